The summed E-state index contributed by atoms with van der Waals surface area (Å²) in [5.41, 5.74) is 0.0683. The molecule has 0 aliphatic carbocycles. The molecule has 0 bridgehead atoms. The smallest absolute Gasteiger partial charge is 0.498 e. The standard InChI is InChI=1S/C24H35BO7/c1-9-18(14-20(16(3)26)25-31-23(4,5)24(6,7)32-25)30-21-15-19(28-8)12-11-17(21)13-22(27)29-10-2/h11-12,14-15,26H,9-10,13H2,1-8H3/b18-14+,20-16-. The Bertz CT molecular complexity index is 866. The maximum atomic E-state index is 12.0. The van der Waals surface area contributed by atoms with Crippen molar-refractivity contribution >= 4 is 13.1 Å². The quantitative estimate of drug-likeness (QED) is 0.249. The van der Waals surface area contributed by atoms with Gasteiger partial charge in [0.15, 0.2) is 0 Å². The Hall–Kier alpha value is -2.45. The van der Waals surface area contributed by atoms with E-state index in [1.807, 2.05) is 34.6 Å². The predicted octanol–water partition coefficient (Wildman–Crippen LogP) is 4.94. The van der Waals surface area contributed by atoms with Gasteiger partial charge in [-0.3, -0.25) is 4.79 Å². The summed E-state index contributed by atoms with van der Waals surface area (Å²) in [5, 5.41) is 10.4. The lowest BCUT2D eigenvalue weighted by molar-refractivity contribution is -0.142. The topological polar surface area (TPSA) is 83.5 Å². The third-order valence-corrected chi connectivity index (χ3v) is 5.75. The summed E-state index contributed by atoms with van der Waals surface area (Å²) in [5.74, 6) is 1.39. The number of hydrogen-bond donors (Lipinski definition) is 1. The van der Waals surface area contributed by atoms with Gasteiger partial charge in [0.2, 0.25) is 0 Å². The van der Waals surface area contributed by atoms with Gasteiger partial charge in [0, 0.05) is 23.5 Å². The summed E-state index contributed by atoms with van der Waals surface area (Å²) in [7, 11) is 0.828. The lowest BCUT2D eigenvalue weighted by atomic mass is 9.76. The summed E-state index contributed by atoms with van der Waals surface area (Å²) in [4.78, 5) is 12.0. The first-order valence-corrected chi connectivity index (χ1v) is 10.9. The van der Waals surface area contributed by atoms with Crippen molar-refractivity contribution in [1.82, 2.24) is 0 Å². The van der Waals surface area contributed by atoms with E-state index < -0.39 is 18.3 Å². The van der Waals surface area contributed by atoms with Gasteiger partial charge in [0.25, 0.3) is 0 Å². The van der Waals surface area contributed by atoms with E-state index in [0.29, 0.717) is 41.3 Å². The summed E-state index contributed by atoms with van der Waals surface area (Å²) in [6.45, 7) is 13.4. The zero-order valence-corrected chi connectivity index (χ0v) is 20.4. The lowest BCUT2D eigenvalue weighted by Gasteiger charge is -2.32. The van der Waals surface area contributed by atoms with E-state index in [4.69, 9.17) is 23.5 Å². The van der Waals surface area contributed by atoms with Crippen LogP contribution in [0.5, 0.6) is 11.5 Å². The van der Waals surface area contributed by atoms with Crippen molar-refractivity contribution in [3.05, 3.63) is 46.8 Å². The molecular weight excluding hydrogens is 411 g/mol. The summed E-state index contributed by atoms with van der Waals surface area (Å²) >= 11 is 0. The molecule has 176 valence electrons. The molecule has 7 nitrogen and oxygen atoms in total. The minimum Gasteiger partial charge on any atom is -0.513 e. The van der Waals surface area contributed by atoms with Crippen molar-refractivity contribution in [3.63, 3.8) is 0 Å². The van der Waals surface area contributed by atoms with Gasteiger partial charge in [-0.25, -0.2) is 0 Å². The normalized spacial score (nSPS) is 18.2. The molecule has 0 saturated carbocycles. The molecule has 2 rings (SSSR count). The zero-order valence-electron chi connectivity index (χ0n) is 20.4. The maximum Gasteiger partial charge on any atom is 0.498 e. The second-order valence-electron chi connectivity index (χ2n) is 8.65. The van der Waals surface area contributed by atoms with Crippen molar-refractivity contribution in [2.45, 2.75) is 72.5 Å². The van der Waals surface area contributed by atoms with Crippen molar-refractivity contribution in [2.24, 2.45) is 0 Å². The van der Waals surface area contributed by atoms with Crippen LogP contribution in [0, 0.1) is 0 Å². The summed E-state index contributed by atoms with van der Waals surface area (Å²) < 4.78 is 28.8. The van der Waals surface area contributed by atoms with Crippen LogP contribution in [0.15, 0.2) is 41.3 Å². The molecular formula is C24H35BO7. The minimum atomic E-state index is -0.737. The van der Waals surface area contributed by atoms with E-state index in [9.17, 15) is 9.90 Å². The first-order valence-electron chi connectivity index (χ1n) is 10.9. The molecule has 1 aliphatic rings. The van der Waals surface area contributed by atoms with Crippen LogP contribution < -0.4 is 9.47 Å². The number of carbonyl (C=O) groups excluding carboxylic acids is 1. The Balaban J connectivity index is 2.37. The molecule has 0 atom stereocenters. The molecule has 0 radical (unpaired) electrons. The second kappa shape index (κ2) is 10.4. The number of rotatable bonds is 9. The van der Waals surface area contributed by atoms with Gasteiger partial charge in [0.1, 0.15) is 17.3 Å². The Kier molecular flexibility index (Phi) is 8.43. The van der Waals surface area contributed by atoms with Crippen LogP contribution in [0.2, 0.25) is 0 Å². The van der Waals surface area contributed by atoms with Gasteiger partial charge in [0.05, 0.1) is 37.1 Å². The molecule has 1 fully saturated rings. The van der Waals surface area contributed by atoms with Crippen LogP contribution in [-0.2, 0) is 25.3 Å². The molecule has 1 N–H and O–H groups in total. The summed E-state index contributed by atoms with van der Waals surface area (Å²) in [6, 6.07) is 5.27. The highest BCUT2D eigenvalue weighted by Gasteiger charge is 2.52. The average Bonchev–Trinajstić information content (AvgIpc) is 2.92. The number of aliphatic hydroxyl groups is 1. The van der Waals surface area contributed by atoms with Crippen LogP contribution >= 0.6 is 0 Å². The largest absolute Gasteiger partial charge is 0.513 e. The number of carbonyl (C=O) groups is 1. The van der Waals surface area contributed by atoms with Gasteiger partial charge in [-0.1, -0.05) is 13.0 Å². The minimum absolute atomic E-state index is 0.0725. The van der Waals surface area contributed by atoms with Gasteiger partial charge in [-0.15, -0.1) is 0 Å². The number of benzene rings is 1. The van der Waals surface area contributed by atoms with Crippen LogP contribution in [-0.4, -0.2) is 43.1 Å². The molecule has 0 spiro atoms. The third-order valence-electron chi connectivity index (χ3n) is 5.75. The molecule has 0 aromatic heterocycles. The SMILES string of the molecule is CCOC(=O)Cc1ccc(OC)cc1O/C(=C/C(B1OC(C)(C)C(C)(C)O1)=C(\C)O)CC. The van der Waals surface area contributed by atoms with Gasteiger partial charge in [-0.2, -0.15) is 0 Å². The highest BCUT2D eigenvalue weighted by molar-refractivity contribution is 6.55. The highest BCUT2D eigenvalue weighted by Crippen LogP contribution is 2.39. The van der Waals surface area contributed by atoms with Crippen LogP contribution in [0.1, 0.15) is 60.5 Å². The number of ether oxygens (including phenoxy) is 3. The predicted molar refractivity (Wildman–Crippen MR) is 124 cm³/mol. The molecule has 32 heavy (non-hydrogen) atoms. The van der Waals surface area contributed by atoms with E-state index in [-0.39, 0.29) is 18.1 Å². The fourth-order valence-corrected chi connectivity index (χ4v) is 3.10. The number of esters is 1. The van der Waals surface area contributed by atoms with Crippen LogP contribution in [0.25, 0.3) is 0 Å². The van der Waals surface area contributed by atoms with Gasteiger partial charge < -0.3 is 28.6 Å². The Labute approximate surface area is 191 Å². The Morgan fingerprint density at radius 2 is 1.78 bits per heavy atom. The second-order valence-corrected chi connectivity index (χ2v) is 8.65. The molecule has 1 aliphatic heterocycles. The number of methoxy groups -OCH3 is 1. The fraction of sp³-hybridized carbons (Fsp3) is 0.542. The van der Waals surface area contributed by atoms with Crippen LogP contribution in [0.4, 0.5) is 0 Å². The van der Waals surface area contributed by atoms with E-state index in [0.717, 1.165) is 0 Å². The van der Waals surface area contributed by atoms with Gasteiger partial charge in [-0.05, 0) is 53.7 Å². The van der Waals surface area contributed by atoms with E-state index >= 15 is 0 Å². The molecule has 1 heterocycles. The number of aliphatic hydroxyl groups excluding tert-OH is 1. The molecule has 1 aromatic carbocycles. The molecule has 1 aromatic rings. The van der Waals surface area contributed by atoms with E-state index in [1.54, 1.807) is 45.2 Å². The third kappa shape index (κ3) is 6.08. The maximum absolute atomic E-state index is 12.0. The first kappa shape index (κ1) is 25.8. The summed E-state index contributed by atoms with van der Waals surface area (Å²) in [6.07, 6.45) is 2.33. The molecule has 0 amide bonds. The van der Waals surface area contributed by atoms with Crippen molar-refractivity contribution in [1.29, 1.82) is 0 Å². The average molecular weight is 446 g/mol. The van der Waals surface area contributed by atoms with Crippen molar-refractivity contribution in [3.8, 4) is 11.5 Å². The van der Waals surface area contributed by atoms with Gasteiger partial charge >= 0.3 is 13.1 Å². The zero-order chi connectivity index (χ0) is 24.1. The molecule has 8 heteroatoms. The van der Waals surface area contributed by atoms with E-state index in [2.05, 4.69) is 0 Å². The van der Waals surface area contributed by atoms with Crippen LogP contribution in [0.3, 0.4) is 0 Å². The molecule has 1 saturated heterocycles. The molecule has 0 unspecified atom stereocenters. The van der Waals surface area contributed by atoms with Crippen molar-refractivity contribution in [2.75, 3.05) is 13.7 Å². The number of allylic oxidation sites excluding steroid dienone is 4. The monoisotopic (exact) mass is 446 g/mol. The lowest BCUT2D eigenvalue weighted by Crippen LogP contribution is -2.41. The Morgan fingerprint density at radius 1 is 1.16 bits per heavy atom. The Morgan fingerprint density at radius 3 is 2.28 bits per heavy atom. The van der Waals surface area contributed by atoms with E-state index in [1.165, 1.54) is 0 Å². The fourth-order valence-electron chi connectivity index (χ4n) is 3.10. The highest BCUT2D eigenvalue weighted by atomic mass is 16.7. The first-order chi connectivity index (χ1) is 14.9. The number of hydrogen-bond acceptors (Lipinski definition) is 7. The van der Waals surface area contributed by atoms with Crippen molar-refractivity contribution < 1.29 is 33.4 Å².